The standard InChI is InChI=1S/C16H26N4O4.C16H28N2O4.HO4P.H2/c1-5-12(6-2)24-14-9-11(16(22)23-7-3)8-13(19-20-17)15(14)18-10(4)21;1-5-12(6-2)22-14-9-11(16(20)21-7-3)8-13(17)15(14)18-10(4)19;1-4-5(2)3;/h9,12-15H,5-8H2,1-4H3,(H,18,21);9,12-15H,5-8,17H2,1-4H3,(H,18,19);1H;1H/t2*13-,14+,15+;;/m00../s1. The quantitative estimate of drug-likeness (QED) is 0.0334. The molecule has 0 radical (unpaired) electrons. The normalized spacial score (nSPS) is 22.7. The second-order valence-corrected chi connectivity index (χ2v) is 12.1. The van der Waals surface area contributed by atoms with Gasteiger partial charge in [-0.3, -0.25) is 9.59 Å². The van der Waals surface area contributed by atoms with Crippen LogP contribution in [-0.4, -0.2) is 90.8 Å². The summed E-state index contributed by atoms with van der Waals surface area (Å²) in [6.07, 6.45) is 6.39. The average molecular weight is 749 g/mol. The first kappa shape index (κ1) is 47.5. The minimum Gasteiger partial charge on any atom is -0.565 e. The Bertz CT molecular complexity index is 1240. The molecule has 51 heavy (non-hydrogen) atoms. The van der Waals surface area contributed by atoms with E-state index in [4.69, 9.17) is 44.9 Å². The second-order valence-electron chi connectivity index (χ2n) is 11.5. The number of hydrogen-bond donors (Lipinski definition) is 4. The number of ether oxygens (including phenoxy) is 4. The van der Waals surface area contributed by atoms with Crippen LogP contribution in [0.4, 0.5) is 0 Å². The summed E-state index contributed by atoms with van der Waals surface area (Å²) in [4.78, 5) is 58.8. The third kappa shape index (κ3) is 18.0. The fourth-order valence-electron chi connectivity index (χ4n) is 5.36. The van der Waals surface area contributed by atoms with Gasteiger partial charge in [-0.1, -0.05) is 32.8 Å². The molecule has 0 spiro atoms. The van der Waals surface area contributed by atoms with Gasteiger partial charge >= 0.3 is 20.2 Å². The number of nitrogens with zero attached hydrogens (tertiary/aromatic N) is 3. The maximum Gasteiger partial charge on any atom is 0.521 e. The van der Waals surface area contributed by atoms with E-state index in [1.807, 2.05) is 27.7 Å². The van der Waals surface area contributed by atoms with E-state index in [-0.39, 0.29) is 56.5 Å². The van der Waals surface area contributed by atoms with E-state index in [9.17, 15) is 19.2 Å². The van der Waals surface area contributed by atoms with Crippen molar-refractivity contribution in [1.29, 1.82) is 0 Å². The highest BCUT2D eigenvalue weighted by Gasteiger charge is 2.38. The van der Waals surface area contributed by atoms with Crippen molar-refractivity contribution in [3.63, 3.8) is 0 Å². The molecule has 0 heterocycles. The summed E-state index contributed by atoms with van der Waals surface area (Å²) in [5.74, 6) is -1.22. The van der Waals surface area contributed by atoms with Crippen LogP contribution in [0.2, 0.25) is 0 Å². The highest BCUT2D eigenvalue weighted by atomic mass is 31.1. The van der Waals surface area contributed by atoms with E-state index >= 15 is 0 Å². The molecule has 0 saturated heterocycles. The summed E-state index contributed by atoms with van der Waals surface area (Å²) in [6, 6.07) is -1.84. The molecule has 0 aromatic heterocycles. The van der Waals surface area contributed by atoms with E-state index < -0.39 is 38.5 Å². The number of carbonyl (C=O) groups is 4. The maximum absolute atomic E-state index is 12.1. The zero-order valence-electron chi connectivity index (χ0n) is 30.7. The van der Waals surface area contributed by atoms with E-state index in [2.05, 4.69) is 25.3 Å². The van der Waals surface area contributed by atoms with Gasteiger partial charge in [0.2, 0.25) is 11.8 Å². The molecule has 2 aliphatic carbocycles. The highest BCUT2D eigenvalue weighted by molar-refractivity contribution is 7.30. The number of amides is 2. The fourth-order valence-corrected chi connectivity index (χ4v) is 5.36. The number of carbonyl (C=O) groups excluding carboxylic acids is 4. The smallest absolute Gasteiger partial charge is 0.521 e. The van der Waals surface area contributed by atoms with Crippen LogP contribution in [-0.2, 0) is 47.4 Å². The maximum atomic E-state index is 12.1. The summed E-state index contributed by atoms with van der Waals surface area (Å²) < 4.78 is 33.8. The number of hydrogen-bond acceptors (Lipinski definition) is 14. The molecule has 0 aromatic rings. The van der Waals surface area contributed by atoms with Crippen LogP contribution in [0, 0.1) is 0 Å². The van der Waals surface area contributed by atoms with Crippen molar-refractivity contribution in [1.82, 2.24) is 10.6 Å². The van der Waals surface area contributed by atoms with Gasteiger partial charge in [-0.25, -0.2) is 14.8 Å². The zero-order valence-corrected chi connectivity index (χ0v) is 31.6. The molecule has 0 saturated carbocycles. The van der Waals surface area contributed by atoms with Crippen LogP contribution in [0.5, 0.6) is 0 Å². The Hall–Kier alpha value is -3.47. The van der Waals surface area contributed by atoms with Crippen LogP contribution < -0.4 is 21.3 Å². The van der Waals surface area contributed by atoms with Gasteiger partial charge in [-0.15, -0.1) is 0 Å². The fraction of sp³-hybridized carbons (Fsp3) is 0.750. The minimum atomic E-state index is -3.04. The Morgan fingerprint density at radius 2 is 1.29 bits per heavy atom. The number of rotatable bonds is 16. The molecular weight excluding hydrogens is 691 g/mol. The van der Waals surface area contributed by atoms with Crippen molar-refractivity contribution in [3.8, 4) is 0 Å². The SMILES string of the molecule is CCOC(=O)C1=C[C@@H](OC(CC)CC)[C@H](NC(C)=O)[C@@H](N)C1.CCOC(=O)C1=C[C@@H](OC(CC)CC)[C@H](NC(C)=O)[C@@H](N=[N+]=[N-])C1.O=[P+]([O-])OO.[HH]. The predicted octanol–water partition coefficient (Wildman–Crippen LogP) is 3.66. The van der Waals surface area contributed by atoms with E-state index in [1.54, 1.807) is 26.0 Å². The van der Waals surface area contributed by atoms with Gasteiger partial charge < -0.3 is 40.2 Å². The van der Waals surface area contributed by atoms with Gasteiger partial charge in [-0.2, -0.15) is 0 Å². The lowest BCUT2D eigenvalue weighted by molar-refractivity contribution is -0.244. The third-order valence-electron chi connectivity index (χ3n) is 7.80. The van der Waals surface area contributed by atoms with Gasteiger partial charge in [-0.05, 0) is 74.6 Å². The number of nitrogens with one attached hydrogen (secondary N) is 2. The third-order valence-corrected chi connectivity index (χ3v) is 7.93. The van der Waals surface area contributed by atoms with Gasteiger partial charge in [0, 0.05) is 42.0 Å². The largest absolute Gasteiger partial charge is 0.565 e. The van der Waals surface area contributed by atoms with Gasteiger partial charge in [0.05, 0.1) is 55.8 Å². The first-order chi connectivity index (χ1) is 24.2. The molecule has 0 bridgehead atoms. The molecule has 18 nitrogen and oxygen atoms in total. The average Bonchev–Trinajstić information content (AvgIpc) is 3.08. The lowest BCUT2D eigenvalue weighted by Gasteiger charge is -2.36. The number of nitrogens with two attached hydrogens (primary N) is 1. The summed E-state index contributed by atoms with van der Waals surface area (Å²) in [6.45, 7) is 15.0. The molecule has 7 atom stereocenters. The molecule has 292 valence electrons. The molecule has 5 N–H and O–H groups in total. The predicted molar refractivity (Wildman–Crippen MR) is 187 cm³/mol. The first-order valence-corrected chi connectivity index (χ1v) is 18.1. The molecule has 0 fully saturated rings. The summed E-state index contributed by atoms with van der Waals surface area (Å²) in [7, 11) is -3.04. The molecule has 0 aliphatic heterocycles. The molecular formula is C32H57N6O12P. The van der Waals surface area contributed by atoms with Crippen molar-refractivity contribution in [2.45, 2.75) is 142 Å². The van der Waals surface area contributed by atoms with Crippen molar-refractivity contribution in [2.75, 3.05) is 13.2 Å². The van der Waals surface area contributed by atoms with Gasteiger partial charge in [0.25, 0.3) is 0 Å². The van der Waals surface area contributed by atoms with E-state index in [0.29, 0.717) is 24.2 Å². The van der Waals surface area contributed by atoms with Crippen molar-refractivity contribution in [3.05, 3.63) is 33.7 Å². The highest BCUT2D eigenvalue weighted by Crippen LogP contribution is 2.27. The summed E-state index contributed by atoms with van der Waals surface area (Å²) in [5.41, 5.74) is 15.9. The minimum absolute atomic E-state index is 0. The van der Waals surface area contributed by atoms with Gasteiger partial charge in [0.1, 0.15) is 0 Å². The lowest BCUT2D eigenvalue weighted by Crippen LogP contribution is -2.57. The van der Waals surface area contributed by atoms with Crippen LogP contribution in [0.25, 0.3) is 10.4 Å². The zero-order chi connectivity index (χ0) is 39.1. The lowest BCUT2D eigenvalue weighted by atomic mass is 9.88. The monoisotopic (exact) mass is 748 g/mol. The molecule has 1 unspecified atom stereocenters. The van der Waals surface area contributed by atoms with Crippen LogP contribution in [0.3, 0.4) is 0 Å². The van der Waals surface area contributed by atoms with E-state index in [1.165, 1.54) is 13.8 Å². The second kappa shape index (κ2) is 26.3. The Kier molecular flexibility index (Phi) is 24.5. The Morgan fingerprint density at radius 1 is 0.902 bits per heavy atom. The van der Waals surface area contributed by atoms with Crippen molar-refractivity contribution >= 4 is 32.0 Å². The van der Waals surface area contributed by atoms with E-state index in [0.717, 1.165) is 25.7 Å². The van der Waals surface area contributed by atoms with Crippen LogP contribution in [0.15, 0.2) is 28.4 Å². The van der Waals surface area contributed by atoms with Crippen LogP contribution in [0.1, 0.15) is 95.3 Å². The Labute approximate surface area is 301 Å². The van der Waals surface area contributed by atoms with Crippen molar-refractivity contribution < 1.29 is 58.9 Å². The molecule has 2 aliphatic rings. The molecule has 2 rings (SSSR count). The Balaban J connectivity index is 0. The van der Waals surface area contributed by atoms with Crippen LogP contribution >= 0.6 is 8.25 Å². The van der Waals surface area contributed by atoms with Crippen molar-refractivity contribution in [2.24, 2.45) is 10.8 Å². The molecule has 0 aromatic carbocycles. The number of esters is 2. The summed E-state index contributed by atoms with van der Waals surface area (Å²) in [5, 5.41) is 16.4. The van der Waals surface area contributed by atoms with Gasteiger partial charge in [0.15, 0.2) is 0 Å². The Morgan fingerprint density at radius 3 is 1.65 bits per heavy atom. The molecule has 19 heteroatoms. The number of azide groups is 1. The first-order valence-electron chi connectivity index (χ1n) is 17.0. The summed E-state index contributed by atoms with van der Waals surface area (Å²) >= 11 is 0. The molecule has 2 amide bonds. The topological polar surface area (TPSA) is 274 Å².